The van der Waals surface area contributed by atoms with Gasteiger partial charge in [0.1, 0.15) is 18.2 Å². The molecule has 13 heavy (non-hydrogen) atoms. The number of rotatable bonds is 1. The van der Waals surface area contributed by atoms with Crippen LogP contribution in [0, 0.1) is 5.82 Å². The first-order chi connectivity index (χ1) is 6.22. The van der Waals surface area contributed by atoms with Crippen molar-refractivity contribution in [3.63, 3.8) is 0 Å². The minimum absolute atomic E-state index is 0.0991. The van der Waals surface area contributed by atoms with Crippen molar-refractivity contribution in [3.05, 3.63) is 28.0 Å². The summed E-state index contributed by atoms with van der Waals surface area (Å²) in [6.07, 6.45) is 0. The molecule has 70 valence electrons. The molecule has 2 rings (SSSR count). The highest BCUT2D eigenvalue weighted by Crippen LogP contribution is 2.38. The van der Waals surface area contributed by atoms with E-state index in [-0.39, 0.29) is 11.9 Å². The Balaban J connectivity index is 2.51. The van der Waals surface area contributed by atoms with Crippen molar-refractivity contribution in [1.29, 1.82) is 0 Å². The summed E-state index contributed by atoms with van der Waals surface area (Å²) in [4.78, 5) is 0. The van der Waals surface area contributed by atoms with Crippen molar-refractivity contribution in [2.75, 3.05) is 13.7 Å². The third-order valence-corrected chi connectivity index (χ3v) is 2.74. The van der Waals surface area contributed by atoms with Gasteiger partial charge in [-0.15, -0.1) is 0 Å². The molecular weight excluding hydrogens is 237 g/mol. The van der Waals surface area contributed by atoms with Crippen LogP contribution in [0.25, 0.3) is 0 Å². The molecule has 0 fully saturated rings. The van der Waals surface area contributed by atoms with E-state index in [1.54, 1.807) is 0 Å². The molecule has 0 aliphatic carbocycles. The van der Waals surface area contributed by atoms with Gasteiger partial charge in [0.05, 0.1) is 10.5 Å². The summed E-state index contributed by atoms with van der Waals surface area (Å²) in [5, 5.41) is 3.06. The standard InChI is InChI=1S/C9H9BrFNO/c1-12-8-4-13-9-6(8)2-5(11)3-7(9)10/h2-3,8,12H,4H2,1H3. The Morgan fingerprint density at radius 3 is 3.08 bits per heavy atom. The second kappa shape index (κ2) is 3.27. The molecule has 0 saturated heterocycles. The zero-order chi connectivity index (χ0) is 9.42. The van der Waals surface area contributed by atoms with Crippen LogP contribution in [0.5, 0.6) is 5.75 Å². The summed E-state index contributed by atoms with van der Waals surface area (Å²) >= 11 is 3.26. The molecule has 4 heteroatoms. The third-order valence-electron chi connectivity index (χ3n) is 2.16. The van der Waals surface area contributed by atoms with E-state index >= 15 is 0 Å². The lowest BCUT2D eigenvalue weighted by Crippen LogP contribution is -2.17. The van der Waals surface area contributed by atoms with E-state index in [9.17, 15) is 4.39 Å². The maximum atomic E-state index is 13.0. The average molecular weight is 246 g/mol. The first-order valence-electron chi connectivity index (χ1n) is 4.01. The van der Waals surface area contributed by atoms with E-state index in [0.29, 0.717) is 11.1 Å². The molecular formula is C9H9BrFNO. The number of hydrogen-bond donors (Lipinski definition) is 1. The Morgan fingerprint density at radius 1 is 1.62 bits per heavy atom. The van der Waals surface area contributed by atoms with E-state index < -0.39 is 0 Å². The summed E-state index contributed by atoms with van der Waals surface area (Å²) < 4.78 is 19.1. The zero-order valence-corrected chi connectivity index (χ0v) is 8.69. The summed E-state index contributed by atoms with van der Waals surface area (Å²) in [6, 6.07) is 3.02. The normalized spacial score (nSPS) is 19.8. The smallest absolute Gasteiger partial charge is 0.138 e. The fourth-order valence-electron chi connectivity index (χ4n) is 1.49. The van der Waals surface area contributed by atoms with Crippen molar-refractivity contribution in [1.82, 2.24) is 5.32 Å². The molecule has 1 unspecified atom stereocenters. The van der Waals surface area contributed by atoms with E-state index in [2.05, 4.69) is 21.2 Å². The Hall–Kier alpha value is -0.610. The molecule has 1 N–H and O–H groups in total. The lowest BCUT2D eigenvalue weighted by Gasteiger charge is -2.06. The van der Waals surface area contributed by atoms with Crippen LogP contribution in [0.2, 0.25) is 0 Å². The predicted molar refractivity (Wildman–Crippen MR) is 51.4 cm³/mol. The van der Waals surface area contributed by atoms with Crippen LogP contribution in [0.4, 0.5) is 4.39 Å². The topological polar surface area (TPSA) is 21.3 Å². The number of likely N-dealkylation sites (N-methyl/N-ethyl adjacent to an activating group) is 1. The molecule has 1 aromatic carbocycles. The zero-order valence-electron chi connectivity index (χ0n) is 7.10. The van der Waals surface area contributed by atoms with Gasteiger partial charge < -0.3 is 10.1 Å². The highest BCUT2D eigenvalue weighted by molar-refractivity contribution is 9.10. The maximum absolute atomic E-state index is 13.0. The highest BCUT2D eigenvalue weighted by Gasteiger charge is 2.25. The van der Waals surface area contributed by atoms with E-state index in [1.807, 2.05) is 7.05 Å². The van der Waals surface area contributed by atoms with Crippen LogP contribution >= 0.6 is 15.9 Å². The lowest BCUT2D eigenvalue weighted by molar-refractivity contribution is 0.317. The first-order valence-corrected chi connectivity index (χ1v) is 4.80. The van der Waals surface area contributed by atoms with Crippen LogP contribution in [0.1, 0.15) is 11.6 Å². The molecule has 0 amide bonds. The van der Waals surface area contributed by atoms with Crippen molar-refractivity contribution in [3.8, 4) is 5.75 Å². The van der Waals surface area contributed by atoms with Gasteiger partial charge in [-0.1, -0.05) is 0 Å². The Labute approximate surface area is 84.2 Å². The number of benzene rings is 1. The van der Waals surface area contributed by atoms with Gasteiger partial charge in [0.25, 0.3) is 0 Å². The van der Waals surface area contributed by atoms with Crippen LogP contribution in [-0.4, -0.2) is 13.7 Å². The van der Waals surface area contributed by atoms with Crippen LogP contribution < -0.4 is 10.1 Å². The Kier molecular flexibility index (Phi) is 2.26. The number of ether oxygens (including phenoxy) is 1. The predicted octanol–water partition coefficient (Wildman–Crippen LogP) is 2.24. The summed E-state index contributed by atoms with van der Waals surface area (Å²) in [6.45, 7) is 0.563. The van der Waals surface area contributed by atoms with Gasteiger partial charge >= 0.3 is 0 Å². The number of hydrogen-bond acceptors (Lipinski definition) is 2. The largest absolute Gasteiger partial charge is 0.490 e. The fourth-order valence-corrected chi connectivity index (χ4v) is 2.05. The third kappa shape index (κ3) is 1.44. The molecule has 1 aliphatic heterocycles. The molecule has 2 nitrogen and oxygen atoms in total. The van der Waals surface area contributed by atoms with Crippen molar-refractivity contribution >= 4 is 15.9 Å². The monoisotopic (exact) mass is 245 g/mol. The number of nitrogens with one attached hydrogen (secondary N) is 1. The molecule has 1 atom stereocenters. The molecule has 0 saturated carbocycles. The molecule has 1 aromatic rings. The minimum Gasteiger partial charge on any atom is -0.490 e. The van der Waals surface area contributed by atoms with Crippen LogP contribution in [0.15, 0.2) is 16.6 Å². The second-order valence-corrected chi connectivity index (χ2v) is 3.81. The van der Waals surface area contributed by atoms with E-state index in [0.717, 1.165) is 11.3 Å². The Morgan fingerprint density at radius 2 is 2.38 bits per heavy atom. The first kappa shape index (κ1) is 8.97. The van der Waals surface area contributed by atoms with Gasteiger partial charge in [-0.05, 0) is 35.1 Å². The van der Waals surface area contributed by atoms with Crippen molar-refractivity contribution < 1.29 is 9.13 Å². The Bertz CT molecular complexity index is 343. The molecule has 0 aromatic heterocycles. The van der Waals surface area contributed by atoms with E-state index in [1.165, 1.54) is 12.1 Å². The number of fused-ring (bicyclic) bond motifs is 1. The average Bonchev–Trinajstić information content (AvgIpc) is 2.47. The van der Waals surface area contributed by atoms with Crippen LogP contribution in [0.3, 0.4) is 0 Å². The van der Waals surface area contributed by atoms with E-state index in [4.69, 9.17) is 4.74 Å². The summed E-state index contributed by atoms with van der Waals surface area (Å²) in [7, 11) is 1.84. The van der Waals surface area contributed by atoms with Crippen LogP contribution in [-0.2, 0) is 0 Å². The van der Waals surface area contributed by atoms with Gasteiger partial charge in [-0.25, -0.2) is 4.39 Å². The van der Waals surface area contributed by atoms with Gasteiger partial charge in [-0.3, -0.25) is 0 Å². The van der Waals surface area contributed by atoms with Gasteiger partial charge in [-0.2, -0.15) is 0 Å². The lowest BCUT2D eigenvalue weighted by atomic mass is 10.1. The minimum atomic E-state index is -0.239. The van der Waals surface area contributed by atoms with Gasteiger partial charge in [0, 0.05) is 5.56 Å². The van der Waals surface area contributed by atoms with Gasteiger partial charge in [0.15, 0.2) is 0 Å². The quantitative estimate of drug-likeness (QED) is 0.820. The number of halogens is 2. The molecule has 0 radical (unpaired) electrons. The summed E-state index contributed by atoms with van der Waals surface area (Å²) in [5.74, 6) is 0.511. The SMILES string of the molecule is CNC1COc2c(Br)cc(F)cc21. The molecule has 1 heterocycles. The maximum Gasteiger partial charge on any atom is 0.138 e. The second-order valence-electron chi connectivity index (χ2n) is 2.96. The fraction of sp³-hybridized carbons (Fsp3) is 0.333. The highest BCUT2D eigenvalue weighted by atomic mass is 79.9. The molecule has 1 aliphatic rings. The van der Waals surface area contributed by atoms with Crippen molar-refractivity contribution in [2.24, 2.45) is 0 Å². The molecule has 0 bridgehead atoms. The summed E-state index contributed by atoms with van der Waals surface area (Å²) in [5.41, 5.74) is 0.884. The van der Waals surface area contributed by atoms with Crippen molar-refractivity contribution in [2.45, 2.75) is 6.04 Å². The van der Waals surface area contributed by atoms with Gasteiger partial charge in [0.2, 0.25) is 0 Å². The molecule has 0 spiro atoms.